The van der Waals surface area contributed by atoms with Crippen molar-refractivity contribution in [2.24, 2.45) is 5.73 Å². The number of nitrogens with zero attached hydrogens (tertiary/aromatic N) is 2. The predicted molar refractivity (Wildman–Crippen MR) is 77.7 cm³/mol. The fourth-order valence-electron chi connectivity index (χ4n) is 2.16. The van der Waals surface area contributed by atoms with Gasteiger partial charge in [-0.05, 0) is 25.6 Å². The molecule has 0 bridgehead atoms. The Morgan fingerprint density at radius 2 is 2.06 bits per heavy atom. The van der Waals surface area contributed by atoms with E-state index in [0.717, 1.165) is 32.6 Å². The van der Waals surface area contributed by atoms with Crippen LogP contribution in [0.1, 0.15) is 22.7 Å². The first-order valence-electron chi connectivity index (χ1n) is 6.71. The molecule has 0 amide bonds. The summed E-state index contributed by atoms with van der Waals surface area (Å²) in [6, 6.07) is 4.69. The van der Waals surface area contributed by atoms with Gasteiger partial charge in [0, 0.05) is 42.5 Å². The molecule has 18 heavy (non-hydrogen) atoms. The number of piperazine rings is 1. The van der Waals surface area contributed by atoms with E-state index in [4.69, 9.17) is 5.73 Å². The minimum absolute atomic E-state index is 0.263. The molecule has 1 atom stereocenters. The summed E-state index contributed by atoms with van der Waals surface area (Å²) in [5.41, 5.74) is 9.48. The van der Waals surface area contributed by atoms with E-state index < -0.39 is 0 Å². The number of thiophene rings is 1. The highest BCUT2D eigenvalue weighted by Gasteiger charge is 2.18. The van der Waals surface area contributed by atoms with Gasteiger partial charge in [-0.25, -0.2) is 10.4 Å². The average Bonchev–Trinajstić information content (AvgIpc) is 2.87. The molecule has 0 radical (unpaired) electrons. The Bertz CT molecular complexity index is 358. The van der Waals surface area contributed by atoms with E-state index in [9.17, 15) is 0 Å². The normalized spacial score (nSPS) is 20.2. The number of hydrogen-bond acceptors (Lipinski definition) is 5. The van der Waals surface area contributed by atoms with Gasteiger partial charge >= 0.3 is 0 Å². The Morgan fingerprint density at radius 1 is 1.33 bits per heavy atom. The van der Waals surface area contributed by atoms with Crippen LogP contribution in [-0.2, 0) is 6.42 Å². The summed E-state index contributed by atoms with van der Waals surface area (Å²) in [7, 11) is 2.17. The summed E-state index contributed by atoms with van der Waals surface area (Å²) < 4.78 is 0. The maximum atomic E-state index is 5.91. The van der Waals surface area contributed by atoms with Crippen LogP contribution in [0.25, 0.3) is 0 Å². The zero-order valence-corrected chi connectivity index (χ0v) is 12.2. The minimum atomic E-state index is 0.263. The molecule has 4 nitrogen and oxygen atoms in total. The van der Waals surface area contributed by atoms with Crippen molar-refractivity contribution < 1.29 is 0 Å². The van der Waals surface area contributed by atoms with Crippen LogP contribution < -0.4 is 11.2 Å². The van der Waals surface area contributed by atoms with Crippen molar-refractivity contribution in [3.8, 4) is 0 Å². The first-order chi connectivity index (χ1) is 8.72. The van der Waals surface area contributed by atoms with Crippen molar-refractivity contribution >= 4 is 11.3 Å². The molecule has 1 fully saturated rings. The first kappa shape index (κ1) is 14.0. The average molecular weight is 268 g/mol. The summed E-state index contributed by atoms with van der Waals surface area (Å²) in [6.45, 7) is 7.22. The monoisotopic (exact) mass is 268 g/mol. The number of aryl methyl sites for hydroxylation is 1. The molecular formula is C13H24N4S. The second-order valence-corrected chi connectivity index (χ2v) is 6.07. The highest BCUT2D eigenvalue weighted by molar-refractivity contribution is 7.12. The van der Waals surface area contributed by atoms with Crippen molar-refractivity contribution in [2.45, 2.75) is 19.4 Å². The second kappa shape index (κ2) is 6.63. The van der Waals surface area contributed by atoms with Crippen molar-refractivity contribution in [3.63, 3.8) is 0 Å². The van der Waals surface area contributed by atoms with Gasteiger partial charge in [-0.1, -0.05) is 6.92 Å². The molecule has 0 aliphatic carbocycles. The van der Waals surface area contributed by atoms with Gasteiger partial charge < -0.3 is 10.6 Å². The molecule has 1 unspecified atom stereocenters. The van der Waals surface area contributed by atoms with Crippen LogP contribution in [0.5, 0.6) is 0 Å². The van der Waals surface area contributed by atoms with Crippen LogP contribution in [0, 0.1) is 0 Å². The number of hydrogen-bond donors (Lipinski definition) is 2. The molecule has 1 aliphatic heterocycles. The molecule has 3 N–H and O–H groups in total. The molecule has 2 rings (SSSR count). The third-order valence-electron chi connectivity index (χ3n) is 3.45. The number of rotatable bonds is 5. The van der Waals surface area contributed by atoms with Gasteiger partial charge in [-0.3, -0.25) is 0 Å². The molecule has 0 spiro atoms. The number of likely N-dealkylation sites (N-methyl/N-ethyl adjacent to an activating group) is 1. The maximum absolute atomic E-state index is 5.91. The summed E-state index contributed by atoms with van der Waals surface area (Å²) in [4.78, 5) is 5.15. The van der Waals surface area contributed by atoms with Gasteiger partial charge in [0.05, 0.1) is 6.04 Å². The zero-order valence-electron chi connectivity index (χ0n) is 11.4. The van der Waals surface area contributed by atoms with E-state index in [1.807, 2.05) is 11.3 Å². The van der Waals surface area contributed by atoms with E-state index >= 15 is 0 Å². The Morgan fingerprint density at radius 3 is 2.61 bits per heavy atom. The van der Waals surface area contributed by atoms with Gasteiger partial charge in [-0.15, -0.1) is 11.3 Å². The maximum Gasteiger partial charge on any atom is 0.0680 e. The van der Waals surface area contributed by atoms with E-state index in [-0.39, 0.29) is 6.04 Å². The summed E-state index contributed by atoms with van der Waals surface area (Å²) >= 11 is 1.88. The highest BCUT2D eigenvalue weighted by atomic mass is 32.1. The lowest BCUT2D eigenvalue weighted by atomic mass is 10.2. The van der Waals surface area contributed by atoms with Crippen LogP contribution in [0.15, 0.2) is 12.1 Å². The quantitative estimate of drug-likeness (QED) is 0.838. The van der Waals surface area contributed by atoms with E-state index in [1.165, 1.54) is 9.75 Å². The highest BCUT2D eigenvalue weighted by Crippen LogP contribution is 2.23. The van der Waals surface area contributed by atoms with Gasteiger partial charge in [0.2, 0.25) is 0 Å². The summed E-state index contributed by atoms with van der Waals surface area (Å²) in [5.74, 6) is 0. The molecule has 1 aromatic rings. The second-order valence-electron chi connectivity index (χ2n) is 4.87. The number of nitrogens with one attached hydrogen (secondary N) is 1. The fourth-order valence-corrected chi connectivity index (χ4v) is 3.17. The molecule has 0 saturated carbocycles. The smallest absolute Gasteiger partial charge is 0.0680 e. The number of nitrogens with two attached hydrogens (primary N) is 1. The van der Waals surface area contributed by atoms with Crippen molar-refractivity contribution in [1.82, 2.24) is 15.3 Å². The molecule has 5 heteroatoms. The predicted octanol–water partition coefficient (Wildman–Crippen LogP) is 1.06. The summed E-state index contributed by atoms with van der Waals surface area (Å²) in [6.07, 6.45) is 1.11. The molecular weight excluding hydrogens is 244 g/mol. The van der Waals surface area contributed by atoms with Crippen molar-refractivity contribution in [1.29, 1.82) is 0 Å². The van der Waals surface area contributed by atoms with Crippen LogP contribution >= 0.6 is 11.3 Å². The Balaban J connectivity index is 1.92. The van der Waals surface area contributed by atoms with Crippen molar-refractivity contribution in [3.05, 3.63) is 21.9 Å². The molecule has 0 aromatic carbocycles. The van der Waals surface area contributed by atoms with Gasteiger partial charge in [0.1, 0.15) is 0 Å². The molecule has 1 aliphatic rings. The largest absolute Gasteiger partial charge is 0.329 e. The minimum Gasteiger partial charge on any atom is -0.329 e. The van der Waals surface area contributed by atoms with E-state index in [1.54, 1.807) is 0 Å². The molecule has 1 saturated heterocycles. The fraction of sp³-hybridized carbons (Fsp3) is 0.692. The van der Waals surface area contributed by atoms with Crippen LogP contribution in [0.2, 0.25) is 0 Å². The Hall–Kier alpha value is -0.460. The lowest BCUT2D eigenvalue weighted by Crippen LogP contribution is -2.52. The Labute approximate surface area is 114 Å². The topological polar surface area (TPSA) is 44.5 Å². The third-order valence-corrected chi connectivity index (χ3v) is 4.79. The standard InChI is InChI=1S/C13H24N4S/c1-3-11-4-5-13(18-11)12(10-14)15-17-8-6-16(2)7-9-17/h4-5,12,15H,3,6-10,14H2,1-2H3. The first-order valence-corrected chi connectivity index (χ1v) is 7.53. The molecule has 102 valence electrons. The number of hydrazine groups is 1. The summed E-state index contributed by atoms with van der Waals surface area (Å²) in [5, 5.41) is 2.31. The molecule has 2 heterocycles. The zero-order chi connectivity index (χ0) is 13.0. The third kappa shape index (κ3) is 3.52. The van der Waals surface area contributed by atoms with E-state index in [0.29, 0.717) is 6.54 Å². The van der Waals surface area contributed by atoms with E-state index in [2.05, 4.69) is 41.4 Å². The molecule has 1 aromatic heterocycles. The van der Waals surface area contributed by atoms with Crippen LogP contribution in [0.4, 0.5) is 0 Å². The van der Waals surface area contributed by atoms with Gasteiger partial charge in [0.25, 0.3) is 0 Å². The van der Waals surface area contributed by atoms with Gasteiger partial charge in [0.15, 0.2) is 0 Å². The Kier molecular flexibility index (Phi) is 5.14. The van der Waals surface area contributed by atoms with Gasteiger partial charge in [-0.2, -0.15) is 0 Å². The van der Waals surface area contributed by atoms with Crippen molar-refractivity contribution in [2.75, 3.05) is 39.8 Å². The van der Waals surface area contributed by atoms with Crippen LogP contribution in [-0.4, -0.2) is 49.7 Å². The van der Waals surface area contributed by atoms with Crippen LogP contribution in [0.3, 0.4) is 0 Å². The lowest BCUT2D eigenvalue weighted by molar-refractivity contribution is 0.0886. The SMILES string of the molecule is CCc1ccc(C(CN)NN2CCN(C)CC2)s1. The lowest BCUT2D eigenvalue weighted by Gasteiger charge is -2.35.